The molecular weight excluding hydrogens is 418 g/mol. The lowest BCUT2D eigenvalue weighted by Gasteiger charge is -2.30. The average Bonchev–Trinajstić information content (AvgIpc) is 3.26. The molecule has 1 aliphatic rings. The molecule has 7 heteroatoms. The molecule has 0 aliphatic carbocycles. The van der Waals surface area contributed by atoms with Gasteiger partial charge in [0.1, 0.15) is 5.69 Å². The van der Waals surface area contributed by atoms with E-state index in [0.29, 0.717) is 5.69 Å². The molecule has 0 atom stereocenters. The highest BCUT2D eigenvalue weighted by atomic mass is 32.1. The van der Waals surface area contributed by atoms with Gasteiger partial charge in [0.25, 0.3) is 5.91 Å². The van der Waals surface area contributed by atoms with Crippen molar-refractivity contribution in [3.8, 4) is 11.1 Å². The molecule has 0 unspecified atom stereocenters. The number of carbonyl (C=O) groups excluding carboxylic acids is 1. The van der Waals surface area contributed by atoms with Gasteiger partial charge < -0.3 is 10.2 Å². The average molecular weight is 438 g/mol. The SMILES string of the molecule is O=C(c1ccc(-c2ccc3c(Nc4ccc5scnc5c4)ccnc3c2)cn1)N1CCC1. The van der Waals surface area contributed by atoms with Crippen LogP contribution in [-0.2, 0) is 0 Å². The van der Waals surface area contributed by atoms with Crippen molar-refractivity contribution in [1.29, 1.82) is 0 Å². The first kappa shape index (κ1) is 18.9. The van der Waals surface area contributed by atoms with Crippen molar-refractivity contribution < 1.29 is 4.79 Å². The quantitative estimate of drug-likeness (QED) is 0.402. The van der Waals surface area contributed by atoms with E-state index >= 15 is 0 Å². The molecule has 1 fully saturated rings. The predicted molar refractivity (Wildman–Crippen MR) is 128 cm³/mol. The number of carbonyl (C=O) groups is 1. The van der Waals surface area contributed by atoms with E-state index in [1.807, 2.05) is 28.7 Å². The minimum absolute atomic E-state index is 0.00883. The normalized spacial score (nSPS) is 13.3. The molecule has 32 heavy (non-hydrogen) atoms. The highest BCUT2D eigenvalue weighted by Gasteiger charge is 2.22. The summed E-state index contributed by atoms with van der Waals surface area (Å²) in [6.07, 6.45) is 4.65. The molecule has 0 saturated carbocycles. The second-order valence-corrected chi connectivity index (χ2v) is 8.71. The van der Waals surface area contributed by atoms with Crippen LogP contribution >= 0.6 is 11.3 Å². The molecule has 4 heterocycles. The predicted octanol–water partition coefficient (Wildman–Crippen LogP) is 5.50. The lowest BCUT2D eigenvalue weighted by atomic mass is 10.0. The van der Waals surface area contributed by atoms with Crippen molar-refractivity contribution in [3.05, 3.63) is 78.2 Å². The first-order valence-electron chi connectivity index (χ1n) is 10.5. The number of fused-ring (bicyclic) bond motifs is 2. The van der Waals surface area contributed by atoms with Gasteiger partial charge in [-0.3, -0.25) is 14.8 Å². The van der Waals surface area contributed by atoms with Crippen LogP contribution in [0.4, 0.5) is 11.4 Å². The molecule has 2 aromatic carbocycles. The van der Waals surface area contributed by atoms with Gasteiger partial charge in [-0.25, -0.2) is 4.98 Å². The Morgan fingerprint density at radius 3 is 2.62 bits per heavy atom. The van der Waals surface area contributed by atoms with Crippen LogP contribution in [-0.4, -0.2) is 38.8 Å². The number of hydrogen-bond acceptors (Lipinski definition) is 6. The van der Waals surface area contributed by atoms with Crippen molar-refractivity contribution in [2.75, 3.05) is 18.4 Å². The first-order valence-corrected chi connectivity index (χ1v) is 11.4. The molecule has 1 N–H and O–H groups in total. The fourth-order valence-electron chi connectivity index (χ4n) is 3.90. The molecule has 0 bridgehead atoms. The van der Waals surface area contributed by atoms with Gasteiger partial charge in [-0.05, 0) is 48.4 Å². The third kappa shape index (κ3) is 3.36. The number of pyridine rings is 2. The van der Waals surface area contributed by atoms with Gasteiger partial charge in [0.15, 0.2) is 0 Å². The fourth-order valence-corrected chi connectivity index (χ4v) is 4.56. The molecular formula is C25H19N5OS. The lowest BCUT2D eigenvalue weighted by Crippen LogP contribution is -2.42. The largest absolute Gasteiger partial charge is 0.355 e. The lowest BCUT2D eigenvalue weighted by molar-refractivity contribution is 0.0645. The Bertz CT molecular complexity index is 1460. The van der Waals surface area contributed by atoms with Crippen LogP contribution in [0.15, 0.2) is 72.5 Å². The van der Waals surface area contributed by atoms with Gasteiger partial charge in [-0.15, -0.1) is 11.3 Å². The summed E-state index contributed by atoms with van der Waals surface area (Å²) in [5.74, 6) is 0.00883. The Hall–Kier alpha value is -3.84. The number of benzene rings is 2. The number of hydrogen-bond donors (Lipinski definition) is 1. The van der Waals surface area contributed by atoms with Crippen LogP contribution in [0.25, 0.3) is 32.2 Å². The molecule has 1 amide bonds. The number of nitrogens with zero attached hydrogens (tertiary/aromatic N) is 4. The zero-order valence-corrected chi connectivity index (χ0v) is 18.0. The number of aromatic nitrogens is 3. The standard InChI is InChI=1S/C25H19N5OS/c31-25(30-10-1-11-30)21-6-3-17(14-27-21)16-2-5-19-20(8-9-26-22(19)12-16)29-18-4-7-24-23(13-18)28-15-32-24/h2-9,12-15H,1,10-11H2,(H,26,29). The molecule has 6 rings (SSSR count). The van der Waals surface area contributed by atoms with Gasteiger partial charge in [-0.1, -0.05) is 18.2 Å². The fraction of sp³-hybridized carbons (Fsp3) is 0.120. The zero-order chi connectivity index (χ0) is 21.5. The Balaban J connectivity index is 1.29. The minimum Gasteiger partial charge on any atom is -0.355 e. The number of rotatable bonds is 4. The van der Waals surface area contributed by atoms with Crippen LogP contribution in [0.1, 0.15) is 16.9 Å². The Labute approximate surface area is 188 Å². The number of likely N-dealkylation sites (tertiary alicyclic amines) is 1. The van der Waals surface area contributed by atoms with Crippen LogP contribution in [0.3, 0.4) is 0 Å². The minimum atomic E-state index is 0.00883. The monoisotopic (exact) mass is 437 g/mol. The molecule has 1 aliphatic heterocycles. The first-order chi connectivity index (χ1) is 15.7. The van der Waals surface area contributed by atoms with E-state index in [9.17, 15) is 4.79 Å². The highest BCUT2D eigenvalue weighted by Crippen LogP contribution is 2.30. The maximum Gasteiger partial charge on any atom is 0.272 e. The van der Waals surface area contributed by atoms with Crippen molar-refractivity contribution >= 4 is 49.7 Å². The molecule has 3 aromatic heterocycles. The van der Waals surface area contributed by atoms with Crippen molar-refractivity contribution in [1.82, 2.24) is 19.9 Å². The number of nitrogens with one attached hydrogen (secondary N) is 1. The molecule has 1 saturated heterocycles. The van der Waals surface area contributed by atoms with Crippen molar-refractivity contribution in [2.24, 2.45) is 0 Å². The van der Waals surface area contributed by atoms with Gasteiger partial charge >= 0.3 is 0 Å². The van der Waals surface area contributed by atoms with Crippen molar-refractivity contribution in [2.45, 2.75) is 6.42 Å². The topological polar surface area (TPSA) is 71.0 Å². The van der Waals surface area contributed by atoms with E-state index in [1.54, 1.807) is 23.6 Å². The van der Waals surface area contributed by atoms with E-state index in [4.69, 9.17) is 0 Å². The van der Waals surface area contributed by atoms with Crippen LogP contribution < -0.4 is 5.32 Å². The summed E-state index contributed by atoms with van der Waals surface area (Å²) in [4.78, 5) is 27.5. The van der Waals surface area contributed by atoms with E-state index in [2.05, 4.69) is 56.7 Å². The Morgan fingerprint density at radius 2 is 1.81 bits per heavy atom. The van der Waals surface area contributed by atoms with Gasteiger partial charge in [0, 0.05) is 47.8 Å². The molecule has 0 radical (unpaired) electrons. The second kappa shape index (κ2) is 7.69. The number of thiazole rings is 1. The zero-order valence-electron chi connectivity index (χ0n) is 17.2. The molecule has 0 spiro atoms. The van der Waals surface area contributed by atoms with E-state index < -0.39 is 0 Å². The van der Waals surface area contributed by atoms with Gasteiger partial charge in [-0.2, -0.15) is 0 Å². The third-order valence-corrected chi connectivity index (χ3v) is 6.62. The molecule has 156 valence electrons. The van der Waals surface area contributed by atoms with E-state index in [1.165, 1.54) is 4.70 Å². The van der Waals surface area contributed by atoms with Crippen molar-refractivity contribution in [3.63, 3.8) is 0 Å². The van der Waals surface area contributed by atoms with Gasteiger partial charge in [0.05, 0.1) is 21.2 Å². The summed E-state index contributed by atoms with van der Waals surface area (Å²) >= 11 is 1.64. The third-order valence-electron chi connectivity index (χ3n) is 5.81. The van der Waals surface area contributed by atoms with E-state index in [0.717, 1.165) is 58.4 Å². The van der Waals surface area contributed by atoms with E-state index in [-0.39, 0.29) is 5.91 Å². The summed E-state index contributed by atoms with van der Waals surface area (Å²) in [6.45, 7) is 1.65. The summed E-state index contributed by atoms with van der Waals surface area (Å²) in [5.41, 5.74) is 8.20. The Kier molecular flexibility index (Phi) is 4.54. The highest BCUT2D eigenvalue weighted by molar-refractivity contribution is 7.16. The van der Waals surface area contributed by atoms with Crippen LogP contribution in [0.2, 0.25) is 0 Å². The maximum absolute atomic E-state index is 12.3. The molecule has 6 nitrogen and oxygen atoms in total. The Morgan fingerprint density at radius 1 is 0.906 bits per heavy atom. The molecule has 5 aromatic rings. The number of anilines is 2. The summed E-state index contributed by atoms with van der Waals surface area (Å²) in [7, 11) is 0. The summed E-state index contributed by atoms with van der Waals surface area (Å²) in [5, 5.41) is 4.53. The van der Waals surface area contributed by atoms with Gasteiger partial charge in [0.2, 0.25) is 0 Å². The smallest absolute Gasteiger partial charge is 0.272 e. The maximum atomic E-state index is 12.3. The second-order valence-electron chi connectivity index (χ2n) is 7.83. The van der Waals surface area contributed by atoms with Crippen LogP contribution in [0.5, 0.6) is 0 Å². The summed E-state index contributed by atoms with van der Waals surface area (Å²) in [6, 6.07) is 18.1. The summed E-state index contributed by atoms with van der Waals surface area (Å²) < 4.78 is 1.17. The van der Waals surface area contributed by atoms with Crippen LogP contribution in [0, 0.1) is 0 Å². The number of amides is 1.